The highest BCUT2D eigenvalue weighted by molar-refractivity contribution is 7.90. The summed E-state index contributed by atoms with van der Waals surface area (Å²) in [4.78, 5) is 4.60. The van der Waals surface area contributed by atoms with Crippen molar-refractivity contribution in [3.63, 3.8) is 0 Å². The van der Waals surface area contributed by atoms with Crippen molar-refractivity contribution in [3.8, 4) is 6.07 Å². The molecule has 0 atom stereocenters. The third-order valence-electron chi connectivity index (χ3n) is 4.89. The quantitative estimate of drug-likeness (QED) is 0.785. The number of aromatic nitrogens is 1. The van der Waals surface area contributed by atoms with Gasteiger partial charge in [-0.15, -0.1) is 0 Å². The molecule has 26 heavy (non-hydrogen) atoms. The van der Waals surface area contributed by atoms with Crippen molar-refractivity contribution in [2.45, 2.75) is 50.8 Å². The molecule has 1 aromatic carbocycles. The monoisotopic (exact) mass is 392 g/mol. The number of fused-ring (bicyclic) bond motifs is 1. The maximum atomic E-state index is 11.9. The van der Waals surface area contributed by atoms with Crippen LogP contribution in [0.2, 0.25) is 0 Å². The van der Waals surface area contributed by atoms with Gasteiger partial charge in [0.2, 0.25) is 10.0 Å². The molecule has 1 aromatic heterocycles. The molecule has 2 aromatic rings. The van der Waals surface area contributed by atoms with Crippen LogP contribution in [0.25, 0.3) is 10.2 Å². The fourth-order valence-corrected chi connectivity index (χ4v) is 4.93. The standard InChI is InChI=1S/C18H24N4O2S2/c1-12(2)26(23,24)20-11-13-3-6-15(7-4-13)21-18-22-16-8-5-14(10-19)9-17(16)25-18/h5,8-9,12-13,15,20H,3-4,6-7,11H2,1-2H3,(H,21,22)/t13-,15-. The molecule has 6 nitrogen and oxygen atoms in total. The van der Waals surface area contributed by atoms with Crippen LogP contribution in [0.5, 0.6) is 0 Å². The van der Waals surface area contributed by atoms with E-state index in [4.69, 9.17) is 5.26 Å². The predicted molar refractivity (Wildman–Crippen MR) is 106 cm³/mol. The van der Waals surface area contributed by atoms with Crippen molar-refractivity contribution in [1.29, 1.82) is 5.26 Å². The summed E-state index contributed by atoms with van der Waals surface area (Å²) in [5.41, 5.74) is 1.56. The Labute approximate surface area is 158 Å². The Morgan fingerprint density at radius 1 is 1.31 bits per heavy atom. The van der Waals surface area contributed by atoms with Gasteiger partial charge in [-0.3, -0.25) is 0 Å². The number of anilines is 1. The minimum Gasteiger partial charge on any atom is -0.359 e. The van der Waals surface area contributed by atoms with Gasteiger partial charge in [-0.1, -0.05) is 11.3 Å². The molecule has 1 aliphatic rings. The van der Waals surface area contributed by atoms with Gasteiger partial charge in [-0.2, -0.15) is 5.26 Å². The number of hydrogen-bond acceptors (Lipinski definition) is 6. The normalized spacial score (nSPS) is 21.0. The van der Waals surface area contributed by atoms with E-state index in [9.17, 15) is 8.42 Å². The molecular formula is C18H24N4O2S2. The zero-order chi connectivity index (χ0) is 18.7. The lowest BCUT2D eigenvalue weighted by molar-refractivity contribution is 0.337. The van der Waals surface area contributed by atoms with Gasteiger partial charge in [-0.25, -0.2) is 18.1 Å². The SMILES string of the molecule is CC(C)S(=O)(=O)NC[C@H]1CC[C@H](Nc2nc3ccc(C#N)cc3s2)CC1. The van der Waals surface area contributed by atoms with Gasteiger partial charge in [0.05, 0.1) is 27.1 Å². The molecule has 0 spiro atoms. The molecule has 3 rings (SSSR count). The van der Waals surface area contributed by atoms with Crippen LogP contribution in [0.1, 0.15) is 45.1 Å². The average molecular weight is 393 g/mol. The van der Waals surface area contributed by atoms with Gasteiger partial charge < -0.3 is 5.32 Å². The molecule has 1 heterocycles. The summed E-state index contributed by atoms with van der Waals surface area (Å²) >= 11 is 1.57. The highest BCUT2D eigenvalue weighted by Crippen LogP contribution is 2.31. The zero-order valence-electron chi connectivity index (χ0n) is 15.0. The number of nitrogens with one attached hydrogen (secondary N) is 2. The van der Waals surface area contributed by atoms with E-state index in [0.717, 1.165) is 41.0 Å². The molecule has 0 radical (unpaired) electrons. The molecule has 1 saturated carbocycles. The minimum absolute atomic E-state index is 0.365. The number of sulfonamides is 1. The molecule has 0 aliphatic heterocycles. The molecule has 1 aliphatic carbocycles. The van der Waals surface area contributed by atoms with Crippen LogP contribution in [0, 0.1) is 17.2 Å². The van der Waals surface area contributed by atoms with Gasteiger partial charge in [0.25, 0.3) is 0 Å². The first kappa shape index (κ1) is 19.1. The van der Waals surface area contributed by atoms with Crippen LogP contribution < -0.4 is 10.0 Å². The van der Waals surface area contributed by atoms with E-state index < -0.39 is 10.0 Å². The van der Waals surface area contributed by atoms with E-state index in [0.29, 0.717) is 24.1 Å². The summed E-state index contributed by atoms with van der Waals surface area (Å²) in [5, 5.41) is 13.0. The smallest absolute Gasteiger partial charge is 0.213 e. The predicted octanol–water partition coefficient (Wildman–Crippen LogP) is 3.47. The summed E-state index contributed by atoms with van der Waals surface area (Å²) in [6.07, 6.45) is 4.02. The van der Waals surface area contributed by atoms with Gasteiger partial charge in [-0.05, 0) is 63.6 Å². The first-order valence-corrected chi connectivity index (χ1v) is 11.3. The first-order valence-electron chi connectivity index (χ1n) is 8.93. The topological polar surface area (TPSA) is 94.9 Å². The zero-order valence-corrected chi connectivity index (χ0v) is 16.7. The molecule has 8 heteroatoms. The van der Waals surface area contributed by atoms with Crippen LogP contribution in [-0.2, 0) is 10.0 Å². The third kappa shape index (κ3) is 4.53. The van der Waals surface area contributed by atoms with Crippen LogP contribution in [0.4, 0.5) is 5.13 Å². The minimum atomic E-state index is -3.18. The molecular weight excluding hydrogens is 368 g/mol. The van der Waals surface area contributed by atoms with E-state index in [1.165, 1.54) is 0 Å². The van der Waals surface area contributed by atoms with Crippen molar-refractivity contribution >= 4 is 36.7 Å². The molecule has 0 saturated heterocycles. The van der Waals surface area contributed by atoms with E-state index >= 15 is 0 Å². The van der Waals surface area contributed by atoms with Crippen LogP contribution >= 0.6 is 11.3 Å². The summed E-state index contributed by atoms with van der Waals surface area (Å²) in [6, 6.07) is 8.06. The number of thiazole rings is 1. The Morgan fingerprint density at radius 3 is 2.69 bits per heavy atom. The lowest BCUT2D eigenvalue weighted by atomic mass is 9.86. The second-order valence-corrected chi connectivity index (χ2v) is 10.5. The Balaban J connectivity index is 1.52. The fraction of sp³-hybridized carbons (Fsp3) is 0.556. The average Bonchev–Trinajstić information content (AvgIpc) is 3.02. The Kier molecular flexibility index (Phi) is 5.80. The van der Waals surface area contributed by atoms with E-state index in [1.54, 1.807) is 31.3 Å². The second-order valence-electron chi connectivity index (χ2n) is 7.12. The van der Waals surface area contributed by atoms with Crippen molar-refractivity contribution in [2.24, 2.45) is 5.92 Å². The summed E-state index contributed by atoms with van der Waals surface area (Å²) < 4.78 is 27.5. The lowest BCUT2D eigenvalue weighted by Crippen LogP contribution is -2.37. The fourth-order valence-electron chi connectivity index (χ4n) is 3.14. The molecule has 0 bridgehead atoms. The summed E-state index contributed by atoms with van der Waals surface area (Å²) in [6.45, 7) is 3.92. The van der Waals surface area contributed by atoms with E-state index in [2.05, 4.69) is 21.1 Å². The van der Waals surface area contributed by atoms with E-state index in [-0.39, 0.29) is 5.25 Å². The van der Waals surface area contributed by atoms with E-state index in [1.807, 2.05) is 12.1 Å². The Morgan fingerprint density at radius 2 is 2.04 bits per heavy atom. The van der Waals surface area contributed by atoms with Crippen LogP contribution in [0.3, 0.4) is 0 Å². The van der Waals surface area contributed by atoms with Crippen molar-refractivity contribution in [3.05, 3.63) is 23.8 Å². The maximum absolute atomic E-state index is 11.9. The van der Waals surface area contributed by atoms with Crippen molar-refractivity contribution in [2.75, 3.05) is 11.9 Å². The van der Waals surface area contributed by atoms with Gasteiger partial charge >= 0.3 is 0 Å². The summed E-state index contributed by atoms with van der Waals surface area (Å²) in [5.74, 6) is 0.398. The highest BCUT2D eigenvalue weighted by atomic mass is 32.2. The van der Waals surface area contributed by atoms with Crippen molar-refractivity contribution in [1.82, 2.24) is 9.71 Å². The van der Waals surface area contributed by atoms with Crippen LogP contribution in [-0.4, -0.2) is 31.2 Å². The van der Waals surface area contributed by atoms with Gasteiger partial charge in [0.1, 0.15) is 0 Å². The third-order valence-corrected chi connectivity index (χ3v) is 7.65. The number of rotatable bonds is 6. The first-order chi connectivity index (χ1) is 12.4. The summed E-state index contributed by atoms with van der Waals surface area (Å²) in [7, 11) is -3.18. The second kappa shape index (κ2) is 7.91. The molecule has 1 fully saturated rings. The highest BCUT2D eigenvalue weighted by Gasteiger charge is 2.24. The Bertz CT molecular complexity index is 907. The number of benzene rings is 1. The van der Waals surface area contributed by atoms with Crippen molar-refractivity contribution < 1.29 is 8.42 Å². The molecule has 0 amide bonds. The van der Waals surface area contributed by atoms with Gasteiger partial charge in [0.15, 0.2) is 5.13 Å². The number of nitriles is 1. The Hall–Kier alpha value is -1.69. The molecule has 0 unspecified atom stereocenters. The maximum Gasteiger partial charge on any atom is 0.213 e. The number of nitrogens with zero attached hydrogens (tertiary/aromatic N) is 2. The van der Waals surface area contributed by atoms with Gasteiger partial charge in [0, 0.05) is 12.6 Å². The van der Waals surface area contributed by atoms with Crippen LogP contribution in [0.15, 0.2) is 18.2 Å². The number of hydrogen-bond donors (Lipinski definition) is 2. The molecule has 140 valence electrons. The molecule has 2 N–H and O–H groups in total. The lowest BCUT2D eigenvalue weighted by Gasteiger charge is -2.29. The largest absolute Gasteiger partial charge is 0.359 e.